The number of nitrogens with zero attached hydrogens (tertiary/aromatic N) is 2. The van der Waals surface area contributed by atoms with E-state index in [2.05, 4.69) is 17.0 Å². The van der Waals surface area contributed by atoms with Gasteiger partial charge in [-0.15, -0.1) is 0 Å². The summed E-state index contributed by atoms with van der Waals surface area (Å²) in [4.78, 5) is 11.6. The lowest BCUT2D eigenvalue weighted by molar-refractivity contribution is 0.0948. The lowest BCUT2D eigenvalue weighted by Crippen LogP contribution is -2.27. The molecule has 14 heavy (non-hydrogen) atoms. The molecule has 0 saturated carbocycles. The molecule has 1 heterocycles. The summed E-state index contributed by atoms with van der Waals surface area (Å²) in [6.07, 6.45) is 1.45. The molecular formula is C9H14N4O. The van der Waals surface area contributed by atoms with E-state index in [0.29, 0.717) is 17.9 Å². The van der Waals surface area contributed by atoms with Crippen LogP contribution >= 0.6 is 0 Å². The maximum Gasteiger partial charge on any atom is 0.271 e. The Morgan fingerprint density at radius 1 is 1.79 bits per heavy atom. The highest BCUT2D eigenvalue weighted by Gasteiger charge is 2.13. The number of hydrogen-bond donors (Lipinski definition) is 2. The van der Waals surface area contributed by atoms with Crippen molar-refractivity contribution in [1.29, 1.82) is 0 Å². The van der Waals surface area contributed by atoms with Crippen LogP contribution in [0.5, 0.6) is 0 Å². The quantitative estimate of drug-likeness (QED) is 0.680. The summed E-state index contributed by atoms with van der Waals surface area (Å²) < 4.78 is 1.45. The predicted molar refractivity (Wildman–Crippen MR) is 54.8 cm³/mol. The van der Waals surface area contributed by atoms with Crippen LogP contribution in [-0.2, 0) is 7.05 Å². The molecule has 0 fully saturated rings. The number of aryl methyl sites for hydroxylation is 1. The zero-order valence-corrected chi connectivity index (χ0v) is 8.37. The van der Waals surface area contributed by atoms with Gasteiger partial charge in [0.15, 0.2) is 0 Å². The second kappa shape index (κ2) is 3.95. The summed E-state index contributed by atoms with van der Waals surface area (Å²) in [5.41, 5.74) is 7.23. The van der Waals surface area contributed by atoms with Crippen molar-refractivity contribution in [2.45, 2.75) is 6.92 Å². The molecule has 0 aliphatic carbocycles. The number of nitrogen functional groups attached to an aromatic ring is 1. The molecule has 1 rings (SSSR count). The van der Waals surface area contributed by atoms with E-state index in [1.165, 1.54) is 10.9 Å². The molecule has 1 aromatic rings. The maximum absolute atomic E-state index is 11.6. The normalized spacial score (nSPS) is 9.86. The van der Waals surface area contributed by atoms with Crippen LogP contribution in [-0.4, -0.2) is 22.2 Å². The molecule has 3 N–H and O–H groups in total. The predicted octanol–water partition coefficient (Wildman–Crippen LogP) is 0.308. The Labute approximate surface area is 82.6 Å². The highest BCUT2D eigenvalue weighted by molar-refractivity contribution is 5.97. The second-order valence-corrected chi connectivity index (χ2v) is 3.21. The Balaban J connectivity index is 2.74. The SMILES string of the molecule is C=C(C)CNC(=O)c1c(N)cnn1C. The largest absolute Gasteiger partial charge is 0.396 e. The molecule has 0 radical (unpaired) electrons. The Morgan fingerprint density at radius 3 is 2.86 bits per heavy atom. The van der Waals surface area contributed by atoms with E-state index in [-0.39, 0.29) is 5.91 Å². The Morgan fingerprint density at radius 2 is 2.43 bits per heavy atom. The van der Waals surface area contributed by atoms with Crippen molar-refractivity contribution < 1.29 is 4.79 Å². The summed E-state index contributed by atoms with van der Waals surface area (Å²) in [7, 11) is 1.67. The number of anilines is 1. The number of amides is 1. The van der Waals surface area contributed by atoms with E-state index in [1.807, 2.05) is 6.92 Å². The van der Waals surface area contributed by atoms with E-state index in [9.17, 15) is 4.79 Å². The Kier molecular flexibility index (Phi) is 2.91. The highest BCUT2D eigenvalue weighted by atomic mass is 16.2. The van der Waals surface area contributed by atoms with E-state index >= 15 is 0 Å². The van der Waals surface area contributed by atoms with Gasteiger partial charge in [0.05, 0.1) is 11.9 Å². The fraction of sp³-hybridized carbons (Fsp3) is 0.333. The van der Waals surface area contributed by atoms with Crippen LogP contribution in [0.15, 0.2) is 18.3 Å². The standard InChI is InChI=1S/C9H14N4O/c1-6(2)4-11-9(14)8-7(10)5-12-13(8)3/h5H,1,4,10H2,2-3H3,(H,11,14). The van der Waals surface area contributed by atoms with Crippen molar-refractivity contribution >= 4 is 11.6 Å². The van der Waals surface area contributed by atoms with Gasteiger partial charge in [-0.25, -0.2) is 0 Å². The first-order valence-corrected chi connectivity index (χ1v) is 4.22. The van der Waals surface area contributed by atoms with Crippen molar-refractivity contribution in [2.75, 3.05) is 12.3 Å². The van der Waals surface area contributed by atoms with Crippen molar-refractivity contribution in [1.82, 2.24) is 15.1 Å². The number of nitrogens with one attached hydrogen (secondary N) is 1. The molecule has 0 saturated heterocycles. The Bertz CT molecular complexity index is 347. The van der Waals surface area contributed by atoms with Crippen molar-refractivity contribution in [3.05, 3.63) is 24.0 Å². The monoisotopic (exact) mass is 194 g/mol. The molecule has 0 aromatic carbocycles. The third kappa shape index (κ3) is 2.12. The molecule has 1 amide bonds. The van der Waals surface area contributed by atoms with E-state index in [1.54, 1.807) is 7.05 Å². The first-order chi connectivity index (χ1) is 6.52. The second-order valence-electron chi connectivity index (χ2n) is 3.21. The highest BCUT2D eigenvalue weighted by Crippen LogP contribution is 2.08. The molecule has 76 valence electrons. The number of carbonyl (C=O) groups excluding carboxylic acids is 1. The first-order valence-electron chi connectivity index (χ1n) is 4.22. The van der Waals surface area contributed by atoms with Crippen molar-refractivity contribution in [3.8, 4) is 0 Å². The van der Waals surface area contributed by atoms with Crippen LogP contribution in [0.2, 0.25) is 0 Å². The fourth-order valence-corrected chi connectivity index (χ4v) is 1.05. The van der Waals surface area contributed by atoms with Crippen molar-refractivity contribution in [2.24, 2.45) is 7.05 Å². The minimum absolute atomic E-state index is 0.231. The average molecular weight is 194 g/mol. The Hall–Kier alpha value is -1.78. The third-order valence-corrected chi connectivity index (χ3v) is 1.73. The van der Waals surface area contributed by atoms with Crippen LogP contribution in [0, 0.1) is 0 Å². The summed E-state index contributed by atoms with van der Waals surface area (Å²) in [6.45, 7) is 5.97. The first kappa shape index (κ1) is 10.3. The minimum atomic E-state index is -0.231. The van der Waals surface area contributed by atoms with Gasteiger partial charge in [-0.2, -0.15) is 5.10 Å². The third-order valence-electron chi connectivity index (χ3n) is 1.73. The molecule has 0 bridgehead atoms. The summed E-state index contributed by atoms with van der Waals surface area (Å²) >= 11 is 0. The van der Waals surface area contributed by atoms with E-state index in [0.717, 1.165) is 5.57 Å². The zero-order chi connectivity index (χ0) is 10.7. The van der Waals surface area contributed by atoms with Gasteiger partial charge >= 0.3 is 0 Å². The molecule has 5 heteroatoms. The van der Waals surface area contributed by atoms with Gasteiger partial charge in [-0.05, 0) is 6.92 Å². The van der Waals surface area contributed by atoms with E-state index < -0.39 is 0 Å². The van der Waals surface area contributed by atoms with Crippen LogP contribution in [0.4, 0.5) is 5.69 Å². The summed E-state index contributed by atoms with van der Waals surface area (Å²) in [6, 6.07) is 0. The molecule has 5 nitrogen and oxygen atoms in total. The lowest BCUT2D eigenvalue weighted by Gasteiger charge is -2.05. The van der Waals surface area contributed by atoms with Gasteiger partial charge in [0.1, 0.15) is 5.69 Å². The van der Waals surface area contributed by atoms with Crippen molar-refractivity contribution in [3.63, 3.8) is 0 Å². The minimum Gasteiger partial charge on any atom is -0.396 e. The van der Waals surface area contributed by atoms with Gasteiger partial charge in [-0.3, -0.25) is 9.48 Å². The van der Waals surface area contributed by atoms with Gasteiger partial charge in [0.25, 0.3) is 5.91 Å². The van der Waals surface area contributed by atoms with Crippen LogP contribution in [0.1, 0.15) is 17.4 Å². The molecule has 0 atom stereocenters. The lowest BCUT2D eigenvalue weighted by atomic mass is 10.3. The van der Waals surface area contributed by atoms with Gasteiger partial charge < -0.3 is 11.1 Å². The molecular weight excluding hydrogens is 180 g/mol. The van der Waals surface area contributed by atoms with Gasteiger partial charge in [0, 0.05) is 13.6 Å². The average Bonchev–Trinajstić information content (AvgIpc) is 2.42. The van der Waals surface area contributed by atoms with Gasteiger partial charge in [0.2, 0.25) is 0 Å². The fourth-order valence-electron chi connectivity index (χ4n) is 1.05. The zero-order valence-electron chi connectivity index (χ0n) is 8.37. The topological polar surface area (TPSA) is 72.9 Å². The van der Waals surface area contributed by atoms with Crippen LogP contribution < -0.4 is 11.1 Å². The molecule has 1 aromatic heterocycles. The number of rotatable bonds is 3. The number of hydrogen-bond acceptors (Lipinski definition) is 3. The summed E-state index contributed by atoms with van der Waals surface area (Å²) in [5.74, 6) is -0.231. The molecule has 0 spiro atoms. The van der Waals surface area contributed by atoms with Gasteiger partial charge in [-0.1, -0.05) is 12.2 Å². The van der Waals surface area contributed by atoms with Crippen LogP contribution in [0.25, 0.3) is 0 Å². The summed E-state index contributed by atoms with van der Waals surface area (Å²) in [5, 5.41) is 6.56. The smallest absolute Gasteiger partial charge is 0.271 e. The van der Waals surface area contributed by atoms with E-state index in [4.69, 9.17) is 5.73 Å². The number of aromatic nitrogens is 2. The number of nitrogens with two attached hydrogens (primary N) is 1. The maximum atomic E-state index is 11.6. The van der Waals surface area contributed by atoms with Crippen LogP contribution in [0.3, 0.4) is 0 Å². The molecule has 0 aliphatic rings. The molecule has 0 aliphatic heterocycles. The molecule has 0 unspecified atom stereocenters. The number of carbonyl (C=O) groups is 1.